The van der Waals surface area contributed by atoms with Crippen molar-refractivity contribution in [3.8, 4) is 0 Å². The van der Waals surface area contributed by atoms with Crippen LogP contribution in [-0.2, 0) is 4.74 Å². The average Bonchev–Trinajstić information content (AvgIpc) is 3.16. The molecule has 1 aromatic carbocycles. The van der Waals surface area contributed by atoms with Gasteiger partial charge in [0, 0.05) is 47.8 Å². The first kappa shape index (κ1) is 16.6. The van der Waals surface area contributed by atoms with Gasteiger partial charge < -0.3 is 15.0 Å². The summed E-state index contributed by atoms with van der Waals surface area (Å²) in [5, 5.41) is 4.24. The van der Waals surface area contributed by atoms with Crippen LogP contribution in [0.25, 0.3) is 10.9 Å². The van der Waals surface area contributed by atoms with Crippen molar-refractivity contribution < 1.29 is 9.53 Å². The number of rotatable bonds is 4. The Labute approximate surface area is 148 Å². The van der Waals surface area contributed by atoms with E-state index in [4.69, 9.17) is 4.74 Å². The summed E-state index contributed by atoms with van der Waals surface area (Å²) in [7, 11) is 0. The SMILES string of the molecule is O=C(NCC1(N2CCOCC2)CCCCC1)c1cccc2[nH]ccc12. The van der Waals surface area contributed by atoms with Crippen LogP contribution in [0.2, 0.25) is 0 Å². The number of morpholine rings is 1. The van der Waals surface area contributed by atoms with Gasteiger partial charge in [-0.2, -0.15) is 0 Å². The number of ether oxygens (including phenoxy) is 1. The van der Waals surface area contributed by atoms with Gasteiger partial charge in [-0.1, -0.05) is 25.3 Å². The van der Waals surface area contributed by atoms with Crippen LogP contribution >= 0.6 is 0 Å². The van der Waals surface area contributed by atoms with E-state index in [0.717, 1.165) is 49.3 Å². The summed E-state index contributed by atoms with van der Waals surface area (Å²) in [6.45, 7) is 4.29. The molecule has 1 saturated carbocycles. The van der Waals surface area contributed by atoms with E-state index in [1.54, 1.807) is 0 Å². The molecule has 0 spiro atoms. The number of benzene rings is 1. The molecule has 25 heavy (non-hydrogen) atoms. The zero-order chi connectivity index (χ0) is 17.1. The molecule has 0 unspecified atom stereocenters. The molecule has 0 bridgehead atoms. The summed E-state index contributed by atoms with van der Waals surface area (Å²) >= 11 is 0. The number of hydrogen-bond acceptors (Lipinski definition) is 3. The van der Waals surface area contributed by atoms with Gasteiger partial charge in [0.2, 0.25) is 0 Å². The molecule has 1 aliphatic carbocycles. The maximum absolute atomic E-state index is 12.9. The molecule has 5 nitrogen and oxygen atoms in total. The lowest BCUT2D eigenvalue weighted by Crippen LogP contribution is -2.59. The number of carbonyl (C=O) groups excluding carboxylic acids is 1. The van der Waals surface area contributed by atoms with Crippen molar-refractivity contribution >= 4 is 16.8 Å². The van der Waals surface area contributed by atoms with Crippen molar-refractivity contribution in [3.63, 3.8) is 0 Å². The Kier molecular flexibility index (Phi) is 4.77. The van der Waals surface area contributed by atoms with Crippen molar-refractivity contribution in [2.24, 2.45) is 0 Å². The molecule has 2 N–H and O–H groups in total. The van der Waals surface area contributed by atoms with Gasteiger partial charge in [0.15, 0.2) is 0 Å². The molecule has 0 atom stereocenters. The molecule has 2 fully saturated rings. The van der Waals surface area contributed by atoms with Crippen molar-refractivity contribution in [1.82, 2.24) is 15.2 Å². The largest absolute Gasteiger partial charge is 0.379 e. The predicted molar refractivity (Wildman–Crippen MR) is 98.8 cm³/mol. The molecule has 2 aromatic rings. The first-order valence-electron chi connectivity index (χ1n) is 9.46. The van der Waals surface area contributed by atoms with E-state index in [1.165, 1.54) is 32.1 Å². The normalized spacial score (nSPS) is 21.3. The number of fused-ring (bicyclic) bond motifs is 1. The first-order valence-corrected chi connectivity index (χ1v) is 9.46. The van der Waals surface area contributed by atoms with Gasteiger partial charge in [-0.3, -0.25) is 9.69 Å². The van der Waals surface area contributed by atoms with Crippen LogP contribution in [0.4, 0.5) is 0 Å². The van der Waals surface area contributed by atoms with Crippen LogP contribution in [0.5, 0.6) is 0 Å². The number of nitrogens with one attached hydrogen (secondary N) is 2. The molecule has 4 rings (SSSR count). The molecule has 2 aliphatic rings. The van der Waals surface area contributed by atoms with Gasteiger partial charge in [-0.05, 0) is 31.0 Å². The standard InChI is InChI=1S/C20H27N3O2/c24-19(17-5-4-6-18-16(17)7-10-21-18)22-15-20(8-2-1-3-9-20)23-11-13-25-14-12-23/h4-7,10,21H,1-3,8-9,11-15H2,(H,22,24). The summed E-state index contributed by atoms with van der Waals surface area (Å²) in [5.74, 6) is 0.0309. The summed E-state index contributed by atoms with van der Waals surface area (Å²) < 4.78 is 5.54. The summed E-state index contributed by atoms with van der Waals surface area (Å²) in [4.78, 5) is 18.6. The lowest BCUT2D eigenvalue weighted by Gasteiger charge is -2.48. The number of aromatic amines is 1. The lowest BCUT2D eigenvalue weighted by molar-refractivity contribution is -0.0361. The van der Waals surface area contributed by atoms with Gasteiger partial charge in [-0.25, -0.2) is 0 Å². The highest BCUT2D eigenvalue weighted by molar-refractivity contribution is 6.06. The lowest BCUT2D eigenvalue weighted by atomic mass is 9.79. The fourth-order valence-electron chi connectivity index (χ4n) is 4.48. The Morgan fingerprint density at radius 1 is 1.16 bits per heavy atom. The second kappa shape index (κ2) is 7.18. The Bertz CT molecular complexity index is 727. The minimum atomic E-state index is 0.0309. The highest BCUT2D eigenvalue weighted by atomic mass is 16.5. The number of nitrogens with zero attached hydrogens (tertiary/aromatic N) is 1. The van der Waals surface area contributed by atoms with E-state index >= 15 is 0 Å². The van der Waals surface area contributed by atoms with Gasteiger partial charge in [0.25, 0.3) is 5.91 Å². The van der Waals surface area contributed by atoms with Gasteiger partial charge in [-0.15, -0.1) is 0 Å². The van der Waals surface area contributed by atoms with E-state index in [-0.39, 0.29) is 11.4 Å². The van der Waals surface area contributed by atoms with Crippen LogP contribution < -0.4 is 5.32 Å². The van der Waals surface area contributed by atoms with E-state index in [1.807, 2.05) is 30.5 Å². The van der Waals surface area contributed by atoms with Crippen molar-refractivity contribution in [2.45, 2.75) is 37.6 Å². The smallest absolute Gasteiger partial charge is 0.252 e. The summed E-state index contributed by atoms with van der Waals surface area (Å²) in [6.07, 6.45) is 8.03. The maximum atomic E-state index is 12.9. The van der Waals surface area contributed by atoms with Crippen LogP contribution in [0.15, 0.2) is 30.5 Å². The molecule has 1 aromatic heterocycles. The molecule has 1 saturated heterocycles. The maximum Gasteiger partial charge on any atom is 0.252 e. The number of aromatic nitrogens is 1. The first-order chi connectivity index (χ1) is 12.3. The molecular weight excluding hydrogens is 314 g/mol. The van der Waals surface area contributed by atoms with E-state index in [2.05, 4.69) is 15.2 Å². The third-order valence-corrected chi connectivity index (χ3v) is 5.88. The highest BCUT2D eigenvalue weighted by Crippen LogP contribution is 2.34. The molecule has 2 heterocycles. The van der Waals surface area contributed by atoms with Crippen molar-refractivity contribution in [2.75, 3.05) is 32.8 Å². The van der Waals surface area contributed by atoms with E-state index in [9.17, 15) is 4.79 Å². The monoisotopic (exact) mass is 341 g/mol. The van der Waals surface area contributed by atoms with Gasteiger partial charge in [0.05, 0.1) is 13.2 Å². The number of amides is 1. The third-order valence-electron chi connectivity index (χ3n) is 5.88. The van der Waals surface area contributed by atoms with E-state index < -0.39 is 0 Å². The molecular formula is C20H27N3O2. The Hall–Kier alpha value is -1.85. The highest BCUT2D eigenvalue weighted by Gasteiger charge is 2.38. The zero-order valence-corrected chi connectivity index (χ0v) is 14.7. The quantitative estimate of drug-likeness (QED) is 0.899. The molecule has 1 aliphatic heterocycles. The summed E-state index contributed by atoms with van der Waals surface area (Å²) in [5.41, 5.74) is 1.86. The van der Waals surface area contributed by atoms with Crippen molar-refractivity contribution in [1.29, 1.82) is 0 Å². The van der Waals surface area contributed by atoms with Crippen LogP contribution in [0.3, 0.4) is 0 Å². The summed E-state index contributed by atoms with van der Waals surface area (Å²) in [6, 6.07) is 7.82. The zero-order valence-electron chi connectivity index (χ0n) is 14.7. The second-order valence-electron chi connectivity index (χ2n) is 7.31. The number of hydrogen-bond donors (Lipinski definition) is 2. The van der Waals surface area contributed by atoms with Gasteiger partial charge in [0.1, 0.15) is 0 Å². The van der Waals surface area contributed by atoms with E-state index in [0.29, 0.717) is 0 Å². The minimum absolute atomic E-state index is 0.0309. The minimum Gasteiger partial charge on any atom is -0.379 e. The third kappa shape index (κ3) is 3.31. The topological polar surface area (TPSA) is 57.4 Å². The second-order valence-corrected chi connectivity index (χ2v) is 7.31. The predicted octanol–water partition coefficient (Wildman–Crippen LogP) is 2.93. The number of carbonyl (C=O) groups is 1. The molecule has 1 amide bonds. The fourth-order valence-corrected chi connectivity index (χ4v) is 4.48. The Morgan fingerprint density at radius 3 is 2.76 bits per heavy atom. The number of H-pyrrole nitrogens is 1. The molecule has 134 valence electrons. The van der Waals surface area contributed by atoms with Crippen LogP contribution in [-0.4, -0.2) is 54.2 Å². The Morgan fingerprint density at radius 2 is 1.96 bits per heavy atom. The Balaban J connectivity index is 1.50. The molecule has 0 radical (unpaired) electrons. The average molecular weight is 341 g/mol. The van der Waals surface area contributed by atoms with Crippen LogP contribution in [0.1, 0.15) is 42.5 Å². The molecule has 5 heteroatoms. The van der Waals surface area contributed by atoms with Gasteiger partial charge >= 0.3 is 0 Å². The fraction of sp³-hybridized carbons (Fsp3) is 0.550. The van der Waals surface area contributed by atoms with Crippen molar-refractivity contribution in [3.05, 3.63) is 36.0 Å². The van der Waals surface area contributed by atoms with Crippen LogP contribution in [0, 0.1) is 0 Å².